The maximum absolute atomic E-state index is 10.2. The summed E-state index contributed by atoms with van der Waals surface area (Å²) in [5.74, 6) is 0. The smallest absolute Gasteiger partial charge is 0.0900 e. The van der Waals surface area contributed by atoms with Crippen molar-refractivity contribution in [1.29, 1.82) is 0 Å². The summed E-state index contributed by atoms with van der Waals surface area (Å²) in [6.07, 6.45) is 4.45. The van der Waals surface area contributed by atoms with Gasteiger partial charge in [0.25, 0.3) is 0 Å². The number of thiophene rings is 1. The first-order valence-electron chi connectivity index (χ1n) is 8.40. The van der Waals surface area contributed by atoms with E-state index in [-0.39, 0.29) is 6.10 Å². The van der Waals surface area contributed by atoms with E-state index in [0.717, 1.165) is 26.0 Å². The van der Waals surface area contributed by atoms with Crippen LogP contribution in [0.1, 0.15) is 41.5 Å². The summed E-state index contributed by atoms with van der Waals surface area (Å²) in [7, 11) is 0. The predicted octanol–water partition coefficient (Wildman–Crippen LogP) is 2.75. The molecule has 5 heteroatoms. The molecule has 0 radical (unpaired) electrons. The molecule has 0 amide bonds. The van der Waals surface area contributed by atoms with E-state index in [4.69, 9.17) is 9.47 Å². The van der Waals surface area contributed by atoms with Gasteiger partial charge in [0.2, 0.25) is 0 Å². The van der Waals surface area contributed by atoms with Gasteiger partial charge in [0.1, 0.15) is 0 Å². The SMILES string of the molecule is Cc1ccc(C2CCCN2CC(O)COCC2CCCO2)s1. The zero-order valence-corrected chi connectivity index (χ0v) is 14.2. The molecule has 1 aromatic heterocycles. The first-order chi connectivity index (χ1) is 10.7. The minimum atomic E-state index is -0.414. The van der Waals surface area contributed by atoms with Crippen LogP contribution in [0.25, 0.3) is 0 Å². The quantitative estimate of drug-likeness (QED) is 0.837. The van der Waals surface area contributed by atoms with Crippen LogP contribution in [0, 0.1) is 6.92 Å². The van der Waals surface area contributed by atoms with Gasteiger partial charge in [-0.15, -0.1) is 11.3 Å². The summed E-state index contributed by atoms with van der Waals surface area (Å²) in [6, 6.07) is 4.91. The van der Waals surface area contributed by atoms with Crippen LogP contribution < -0.4 is 0 Å². The molecule has 2 aliphatic rings. The molecule has 1 N–H and O–H groups in total. The third-order valence-electron chi connectivity index (χ3n) is 4.54. The third-order valence-corrected chi connectivity index (χ3v) is 5.64. The van der Waals surface area contributed by atoms with Gasteiger partial charge in [-0.05, 0) is 51.3 Å². The molecule has 0 aromatic carbocycles. The van der Waals surface area contributed by atoms with Gasteiger partial charge >= 0.3 is 0 Å². The second-order valence-electron chi connectivity index (χ2n) is 6.43. The molecule has 2 fully saturated rings. The molecular weight excluding hydrogens is 298 g/mol. The molecule has 3 heterocycles. The predicted molar refractivity (Wildman–Crippen MR) is 88.4 cm³/mol. The second kappa shape index (κ2) is 7.88. The van der Waals surface area contributed by atoms with Crippen molar-refractivity contribution in [2.45, 2.75) is 50.9 Å². The van der Waals surface area contributed by atoms with Crippen molar-refractivity contribution in [3.63, 3.8) is 0 Å². The lowest BCUT2D eigenvalue weighted by Crippen LogP contribution is -2.35. The van der Waals surface area contributed by atoms with Gasteiger partial charge in [-0.25, -0.2) is 0 Å². The van der Waals surface area contributed by atoms with Gasteiger partial charge < -0.3 is 14.6 Å². The molecule has 22 heavy (non-hydrogen) atoms. The highest BCUT2D eigenvalue weighted by molar-refractivity contribution is 7.12. The minimum Gasteiger partial charge on any atom is -0.389 e. The fraction of sp³-hybridized carbons (Fsp3) is 0.765. The molecular formula is C17H27NO3S. The van der Waals surface area contributed by atoms with Crippen LogP contribution >= 0.6 is 11.3 Å². The Morgan fingerprint density at radius 2 is 2.32 bits per heavy atom. The molecule has 124 valence electrons. The summed E-state index contributed by atoms with van der Waals surface area (Å²) < 4.78 is 11.2. The van der Waals surface area contributed by atoms with E-state index in [1.807, 2.05) is 11.3 Å². The molecule has 4 nitrogen and oxygen atoms in total. The Kier molecular flexibility index (Phi) is 5.88. The van der Waals surface area contributed by atoms with Gasteiger partial charge in [-0.2, -0.15) is 0 Å². The van der Waals surface area contributed by atoms with Crippen LogP contribution in [0.2, 0.25) is 0 Å². The highest BCUT2D eigenvalue weighted by atomic mass is 32.1. The Balaban J connectivity index is 1.42. The Hall–Kier alpha value is -0.460. The molecule has 3 rings (SSSR count). The molecule has 2 saturated heterocycles. The Morgan fingerprint density at radius 1 is 1.41 bits per heavy atom. The van der Waals surface area contributed by atoms with Gasteiger partial charge in [-0.3, -0.25) is 4.90 Å². The van der Waals surface area contributed by atoms with Crippen molar-refractivity contribution in [3.05, 3.63) is 21.9 Å². The normalized spacial score (nSPS) is 27.5. The summed E-state index contributed by atoms with van der Waals surface area (Å²) in [5, 5.41) is 10.2. The second-order valence-corrected chi connectivity index (χ2v) is 7.75. The van der Waals surface area contributed by atoms with Gasteiger partial charge in [0, 0.05) is 28.9 Å². The largest absolute Gasteiger partial charge is 0.389 e. The van der Waals surface area contributed by atoms with Crippen molar-refractivity contribution in [3.8, 4) is 0 Å². The summed E-state index contributed by atoms with van der Waals surface area (Å²) in [4.78, 5) is 5.20. The van der Waals surface area contributed by atoms with Crippen LogP contribution in [-0.2, 0) is 9.47 Å². The number of β-amino-alcohol motifs (C(OH)–C–C–N with tert-alkyl or cyclic N) is 1. The standard InChI is InChI=1S/C17H27NO3S/c1-13-6-7-17(22-13)16-5-2-8-18(16)10-14(19)11-20-12-15-4-3-9-21-15/h6-7,14-16,19H,2-5,8-12H2,1H3. The average molecular weight is 325 g/mol. The summed E-state index contributed by atoms with van der Waals surface area (Å²) in [5.41, 5.74) is 0. The number of nitrogens with zero attached hydrogens (tertiary/aromatic N) is 1. The highest BCUT2D eigenvalue weighted by Gasteiger charge is 2.28. The number of aliphatic hydroxyl groups is 1. The number of rotatable bonds is 7. The van der Waals surface area contributed by atoms with E-state index in [9.17, 15) is 5.11 Å². The zero-order valence-electron chi connectivity index (χ0n) is 13.4. The summed E-state index contributed by atoms with van der Waals surface area (Å²) >= 11 is 1.88. The molecule has 0 bridgehead atoms. The number of ether oxygens (including phenoxy) is 2. The monoisotopic (exact) mass is 325 g/mol. The Labute approximate surface area is 137 Å². The lowest BCUT2D eigenvalue weighted by Gasteiger charge is -2.26. The van der Waals surface area contributed by atoms with Crippen LogP contribution in [0.15, 0.2) is 12.1 Å². The fourth-order valence-electron chi connectivity index (χ4n) is 3.43. The minimum absolute atomic E-state index is 0.237. The van der Waals surface area contributed by atoms with Gasteiger partial charge in [0.05, 0.1) is 25.4 Å². The molecule has 3 atom stereocenters. The Morgan fingerprint density at radius 3 is 3.05 bits per heavy atom. The van der Waals surface area contributed by atoms with E-state index in [2.05, 4.69) is 24.0 Å². The summed E-state index contributed by atoms with van der Waals surface area (Å²) in [6.45, 7) is 5.81. The van der Waals surface area contributed by atoms with Crippen molar-refractivity contribution >= 4 is 11.3 Å². The lowest BCUT2D eigenvalue weighted by atomic mass is 10.2. The average Bonchev–Trinajstić information content (AvgIpc) is 3.20. The number of hydrogen-bond acceptors (Lipinski definition) is 5. The first kappa shape index (κ1) is 16.4. The van der Waals surface area contributed by atoms with Crippen LogP contribution in [0.4, 0.5) is 0 Å². The van der Waals surface area contributed by atoms with E-state index in [1.54, 1.807) is 0 Å². The number of aryl methyl sites for hydroxylation is 1. The van der Waals surface area contributed by atoms with Crippen molar-refractivity contribution in [2.24, 2.45) is 0 Å². The number of aliphatic hydroxyl groups excluding tert-OH is 1. The Bertz CT molecular complexity index is 459. The van der Waals surface area contributed by atoms with E-state index in [0.29, 0.717) is 25.8 Å². The molecule has 3 unspecified atom stereocenters. The zero-order chi connectivity index (χ0) is 15.4. The molecule has 2 aliphatic heterocycles. The maximum Gasteiger partial charge on any atom is 0.0900 e. The maximum atomic E-state index is 10.2. The molecule has 0 saturated carbocycles. The first-order valence-corrected chi connectivity index (χ1v) is 9.22. The van der Waals surface area contributed by atoms with Gasteiger partial charge in [0.15, 0.2) is 0 Å². The van der Waals surface area contributed by atoms with Crippen molar-refractivity contribution in [2.75, 3.05) is 32.9 Å². The van der Waals surface area contributed by atoms with E-state index in [1.165, 1.54) is 22.6 Å². The van der Waals surface area contributed by atoms with Crippen molar-refractivity contribution < 1.29 is 14.6 Å². The number of hydrogen-bond donors (Lipinski definition) is 1. The van der Waals surface area contributed by atoms with Crippen molar-refractivity contribution in [1.82, 2.24) is 4.90 Å². The molecule has 0 aliphatic carbocycles. The van der Waals surface area contributed by atoms with Gasteiger partial charge in [-0.1, -0.05) is 0 Å². The highest BCUT2D eigenvalue weighted by Crippen LogP contribution is 2.35. The van der Waals surface area contributed by atoms with Crippen LogP contribution in [-0.4, -0.2) is 55.1 Å². The van der Waals surface area contributed by atoms with Crippen LogP contribution in [0.5, 0.6) is 0 Å². The lowest BCUT2D eigenvalue weighted by molar-refractivity contribution is -0.0260. The third kappa shape index (κ3) is 4.30. The molecule has 0 spiro atoms. The number of likely N-dealkylation sites (tertiary alicyclic amines) is 1. The van der Waals surface area contributed by atoms with E-state index < -0.39 is 6.10 Å². The van der Waals surface area contributed by atoms with Crippen LogP contribution in [0.3, 0.4) is 0 Å². The van der Waals surface area contributed by atoms with E-state index >= 15 is 0 Å². The topological polar surface area (TPSA) is 41.9 Å². The fourth-order valence-corrected chi connectivity index (χ4v) is 4.48. The molecule has 1 aromatic rings.